The number of fused-ring (bicyclic) bond motifs is 1. The number of benzene rings is 1. The Bertz CT molecular complexity index is 697. The summed E-state index contributed by atoms with van der Waals surface area (Å²) in [5, 5.41) is 2.12. The minimum Gasteiger partial charge on any atom is -0.464 e. The van der Waals surface area contributed by atoms with E-state index in [-0.39, 0.29) is 0 Å². The summed E-state index contributed by atoms with van der Waals surface area (Å²) in [5.41, 5.74) is 9.06. The van der Waals surface area contributed by atoms with E-state index in [9.17, 15) is 0 Å². The number of hydrogen-bond acceptors (Lipinski definition) is 4. The summed E-state index contributed by atoms with van der Waals surface area (Å²) in [6.07, 6.45) is 1.77. The zero-order valence-corrected chi connectivity index (χ0v) is 10.5. The standard InChI is InChI=1S/C13H12N2OS/c1-7-6-16-11-4-3-9(5-10(7)11)12-13(14)15-8(2)17-12/h3-6H,14H2,1-2H3. The van der Waals surface area contributed by atoms with Gasteiger partial charge < -0.3 is 10.2 Å². The highest BCUT2D eigenvalue weighted by molar-refractivity contribution is 7.15. The van der Waals surface area contributed by atoms with E-state index in [1.807, 2.05) is 26.0 Å². The number of hydrogen-bond donors (Lipinski definition) is 1. The maximum Gasteiger partial charge on any atom is 0.142 e. The van der Waals surface area contributed by atoms with Crippen LogP contribution in [0.3, 0.4) is 0 Å². The third-order valence-corrected chi connectivity index (χ3v) is 3.83. The van der Waals surface area contributed by atoms with Crippen molar-refractivity contribution in [2.45, 2.75) is 13.8 Å². The van der Waals surface area contributed by atoms with E-state index in [4.69, 9.17) is 10.2 Å². The van der Waals surface area contributed by atoms with Gasteiger partial charge in [0.25, 0.3) is 0 Å². The first-order valence-electron chi connectivity index (χ1n) is 5.36. The molecule has 0 radical (unpaired) electrons. The average molecular weight is 244 g/mol. The first kappa shape index (κ1) is 10.4. The Hall–Kier alpha value is -1.81. The van der Waals surface area contributed by atoms with Crippen molar-refractivity contribution in [1.29, 1.82) is 0 Å². The lowest BCUT2D eigenvalue weighted by Gasteiger charge is -1.99. The summed E-state index contributed by atoms with van der Waals surface area (Å²) in [7, 11) is 0. The van der Waals surface area contributed by atoms with Gasteiger partial charge in [-0.25, -0.2) is 4.98 Å². The van der Waals surface area contributed by atoms with Crippen LogP contribution >= 0.6 is 11.3 Å². The van der Waals surface area contributed by atoms with Crippen molar-refractivity contribution in [2.75, 3.05) is 5.73 Å². The lowest BCUT2D eigenvalue weighted by atomic mass is 10.1. The highest BCUT2D eigenvalue weighted by Crippen LogP contribution is 2.34. The number of nitrogen functional groups attached to an aromatic ring is 1. The molecule has 86 valence electrons. The first-order valence-corrected chi connectivity index (χ1v) is 6.18. The SMILES string of the molecule is Cc1nc(N)c(-c2ccc3occ(C)c3c2)s1. The van der Waals surface area contributed by atoms with Crippen molar-refractivity contribution in [3.63, 3.8) is 0 Å². The van der Waals surface area contributed by atoms with E-state index in [1.54, 1.807) is 17.6 Å². The van der Waals surface area contributed by atoms with Crippen LogP contribution in [-0.4, -0.2) is 4.98 Å². The van der Waals surface area contributed by atoms with Crippen LogP contribution in [0.1, 0.15) is 10.6 Å². The molecular formula is C13H12N2OS. The molecule has 0 fully saturated rings. The second-order valence-corrected chi connectivity index (χ2v) is 5.28. The number of thiazole rings is 1. The Morgan fingerprint density at radius 3 is 2.82 bits per heavy atom. The number of nitrogens with two attached hydrogens (primary N) is 1. The Morgan fingerprint density at radius 2 is 2.12 bits per heavy atom. The normalized spacial score (nSPS) is 11.2. The van der Waals surface area contributed by atoms with Crippen LogP contribution in [0.4, 0.5) is 5.82 Å². The van der Waals surface area contributed by atoms with Crippen LogP contribution in [0.15, 0.2) is 28.9 Å². The largest absolute Gasteiger partial charge is 0.464 e. The number of rotatable bonds is 1. The molecule has 0 aliphatic heterocycles. The first-order chi connectivity index (χ1) is 8.15. The van der Waals surface area contributed by atoms with Crippen LogP contribution in [0.2, 0.25) is 0 Å². The number of furan rings is 1. The fourth-order valence-electron chi connectivity index (χ4n) is 1.95. The van der Waals surface area contributed by atoms with Gasteiger partial charge in [0.05, 0.1) is 16.1 Å². The van der Waals surface area contributed by atoms with Gasteiger partial charge in [-0.1, -0.05) is 0 Å². The van der Waals surface area contributed by atoms with Crippen LogP contribution in [0.25, 0.3) is 21.4 Å². The van der Waals surface area contributed by atoms with Gasteiger partial charge in [0.2, 0.25) is 0 Å². The quantitative estimate of drug-likeness (QED) is 0.709. The number of aromatic nitrogens is 1. The van der Waals surface area contributed by atoms with Crippen LogP contribution < -0.4 is 5.73 Å². The van der Waals surface area contributed by atoms with E-state index >= 15 is 0 Å². The van der Waals surface area contributed by atoms with Gasteiger partial charge in [-0.2, -0.15) is 0 Å². The molecule has 4 heteroatoms. The summed E-state index contributed by atoms with van der Waals surface area (Å²) >= 11 is 1.62. The Morgan fingerprint density at radius 1 is 1.29 bits per heavy atom. The fraction of sp³-hybridized carbons (Fsp3) is 0.154. The van der Waals surface area contributed by atoms with Gasteiger partial charge in [0.1, 0.15) is 11.4 Å². The molecule has 3 rings (SSSR count). The summed E-state index contributed by atoms with van der Waals surface area (Å²) in [6.45, 7) is 4.00. The van der Waals surface area contributed by atoms with Crippen molar-refractivity contribution in [2.24, 2.45) is 0 Å². The maximum atomic E-state index is 5.91. The van der Waals surface area contributed by atoms with Crippen molar-refractivity contribution in [3.05, 3.63) is 35.0 Å². The molecule has 17 heavy (non-hydrogen) atoms. The highest BCUT2D eigenvalue weighted by atomic mass is 32.1. The van der Waals surface area contributed by atoms with E-state index in [2.05, 4.69) is 11.1 Å². The lowest BCUT2D eigenvalue weighted by Crippen LogP contribution is -1.87. The number of anilines is 1. The van der Waals surface area contributed by atoms with Gasteiger partial charge in [-0.15, -0.1) is 11.3 Å². The Kier molecular flexibility index (Phi) is 2.19. The zero-order valence-electron chi connectivity index (χ0n) is 9.65. The van der Waals surface area contributed by atoms with E-state index < -0.39 is 0 Å². The monoisotopic (exact) mass is 244 g/mol. The summed E-state index contributed by atoms with van der Waals surface area (Å²) in [4.78, 5) is 5.28. The molecule has 0 saturated carbocycles. The number of aryl methyl sites for hydroxylation is 2. The van der Waals surface area contributed by atoms with Gasteiger partial charge in [0.15, 0.2) is 0 Å². The van der Waals surface area contributed by atoms with E-state index in [0.717, 1.165) is 32.0 Å². The van der Waals surface area contributed by atoms with Crippen LogP contribution in [0.5, 0.6) is 0 Å². The molecule has 2 heterocycles. The molecule has 0 atom stereocenters. The minimum atomic E-state index is 0.605. The van der Waals surface area contributed by atoms with Gasteiger partial charge in [0, 0.05) is 5.39 Å². The third kappa shape index (κ3) is 1.61. The van der Waals surface area contributed by atoms with Crippen LogP contribution in [0, 0.1) is 13.8 Å². The molecule has 0 amide bonds. The molecule has 2 aromatic heterocycles. The third-order valence-electron chi connectivity index (χ3n) is 2.79. The fourth-order valence-corrected chi connectivity index (χ4v) is 2.78. The average Bonchev–Trinajstić information content (AvgIpc) is 2.83. The molecule has 2 N–H and O–H groups in total. The highest BCUT2D eigenvalue weighted by Gasteiger charge is 2.10. The van der Waals surface area contributed by atoms with Crippen molar-refractivity contribution in [1.82, 2.24) is 4.98 Å². The topological polar surface area (TPSA) is 52.0 Å². The lowest BCUT2D eigenvalue weighted by molar-refractivity contribution is 0.613. The molecule has 3 aromatic rings. The smallest absolute Gasteiger partial charge is 0.142 e. The van der Waals surface area contributed by atoms with Crippen molar-refractivity contribution in [3.8, 4) is 10.4 Å². The predicted octanol–water partition coefficient (Wildman–Crippen LogP) is 3.76. The van der Waals surface area contributed by atoms with Crippen molar-refractivity contribution < 1.29 is 4.42 Å². The second-order valence-electron chi connectivity index (χ2n) is 4.08. The summed E-state index contributed by atoms with van der Waals surface area (Å²) < 4.78 is 5.43. The number of nitrogens with zero attached hydrogens (tertiary/aromatic N) is 1. The van der Waals surface area contributed by atoms with Gasteiger partial charge in [-0.05, 0) is 43.2 Å². The van der Waals surface area contributed by atoms with Gasteiger partial charge in [-0.3, -0.25) is 0 Å². The molecular weight excluding hydrogens is 232 g/mol. The molecule has 1 aromatic carbocycles. The summed E-state index contributed by atoms with van der Waals surface area (Å²) in [6, 6.07) is 6.11. The summed E-state index contributed by atoms with van der Waals surface area (Å²) in [5.74, 6) is 0.605. The second kappa shape index (κ2) is 3.60. The molecule has 0 aliphatic rings. The van der Waals surface area contributed by atoms with Gasteiger partial charge >= 0.3 is 0 Å². The molecule has 0 bridgehead atoms. The minimum absolute atomic E-state index is 0.605. The Balaban J connectivity index is 2.23. The molecule has 3 nitrogen and oxygen atoms in total. The van der Waals surface area contributed by atoms with Crippen molar-refractivity contribution >= 4 is 28.1 Å². The van der Waals surface area contributed by atoms with Crippen LogP contribution in [-0.2, 0) is 0 Å². The molecule has 0 saturated heterocycles. The Labute approximate surface area is 103 Å². The molecule has 0 aliphatic carbocycles. The van der Waals surface area contributed by atoms with E-state index in [0.29, 0.717) is 5.82 Å². The predicted molar refractivity (Wildman–Crippen MR) is 71.2 cm³/mol. The maximum absolute atomic E-state index is 5.91. The molecule has 0 unspecified atom stereocenters. The van der Waals surface area contributed by atoms with E-state index in [1.165, 1.54) is 0 Å². The zero-order chi connectivity index (χ0) is 12.0. The molecule has 0 spiro atoms.